The van der Waals surface area contributed by atoms with Gasteiger partial charge in [0.2, 0.25) is 0 Å². The Balaban J connectivity index is 3.20. The van der Waals surface area contributed by atoms with Gasteiger partial charge in [0, 0.05) is 0 Å². The second kappa shape index (κ2) is 4.07. The van der Waals surface area contributed by atoms with Crippen LogP contribution in [-0.2, 0) is 12.0 Å². The lowest BCUT2D eigenvalue weighted by Crippen LogP contribution is -2.37. The third-order valence-electron chi connectivity index (χ3n) is 2.39. The van der Waals surface area contributed by atoms with Crippen molar-refractivity contribution in [1.82, 2.24) is 0 Å². The summed E-state index contributed by atoms with van der Waals surface area (Å²) in [6, 6.07) is 4.48. The van der Waals surface area contributed by atoms with Crippen LogP contribution in [0.3, 0.4) is 0 Å². The fourth-order valence-electron chi connectivity index (χ4n) is 1.50. The first kappa shape index (κ1) is 11.1. The molecule has 0 bridgehead atoms. The third-order valence-corrected chi connectivity index (χ3v) is 2.39. The number of rotatable bonds is 3. The largest absolute Gasteiger partial charge is 0.394 e. The number of aryl methyl sites for hydroxylation is 1. The Kier molecular flexibility index (Phi) is 3.24. The van der Waals surface area contributed by atoms with Crippen molar-refractivity contribution in [3.05, 3.63) is 35.1 Å². The van der Waals surface area contributed by atoms with Gasteiger partial charge in [-0.15, -0.1) is 0 Å². The molecule has 0 amide bonds. The molecule has 3 N–H and O–H groups in total. The Morgan fingerprint density at radius 2 is 2.14 bits per heavy atom. The molecule has 78 valence electrons. The van der Waals surface area contributed by atoms with Crippen LogP contribution in [0, 0.1) is 5.82 Å². The third kappa shape index (κ3) is 2.11. The predicted molar refractivity (Wildman–Crippen MR) is 54.4 cm³/mol. The van der Waals surface area contributed by atoms with Crippen LogP contribution in [0.2, 0.25) is 0 Å². The second-order valence-corrected chi connectivity index (χ2v) is 3.73. The molecule has 0 aliphatic heterocycles. The zero-order chi connectivity index (χ0) is 10.8. The summed E-state index contributed by atoms with van der Waals surface area (Å²) in [6.45, 7) is 3.52. The minimum Gasteiger partial charge on any atom is -0.394 e. The van der Waals surface area contributed by atoms with E-state index in [9.17, 15) is 4.39 Å². The van der Waals surface area contributed by atoms with Crippen LogP contribution in [0.5, 0.6) is 0 Å². The van der Waals surface area contributed by atoms with Gasteiger partial charge >= 0.3 is 0 Å². The molecule has 0 saturated carbocycles. The molecule has 2 nitrogen and oxygen atoms in total. The van der Waals surface area contributed by atoms with Crippen molar-refractivity contribution in [2.75, 3.05) is 6.61 Å². The average molecular weight is 197 g/mol. The first-order chi connectivity index (χ1) is 6.51. The Morgan fingerprint density at radius 3 is 2.64 bits per heavy atom. The number of aliphatic hydroxyl groups excluding tert-OH is 1. The van der Waals surface area contributed by atoms with Crippen molar-refractivity contribution < 1.29 is 9.50 Å². The van der Waals surface area contributed by atoms with E-state index >= 15 is 0 Å². The van der Waals surface area contributed by atoms with Gasteiger partial charge in [-0.25, -0.2) is 4.39 Å². The first-order valence-corrected chi connectivity index (χ1v) is 4.70. The fraction of sp³-hybridized carbons (Fsp3) is 0.455. The summed E-state index contributed by atoms with van der Waals surface area (Å²) in [5.41, 5.74) is 6.76. The highest BCUT2D eigenvalue weighted by atomic mass is 19.1. The maximum Gasteiger partial charge on any atom is 0.123 e. The molecule has 0 radical (unpaired) electrons. The van der Waals surface area contributed by atoms with Gasteiger partial charge in [0.1, 0.15) is 5.82 Å². The van der Waals surface area contributed by atoms with Gasteiger partial charge < -0.3 is 10.8 Å². The Bertz CT molecular complexity index is 323. The van der Waals surface area contributed by atoms with Crippen LogP contribution < -0.4 is 5.73 Å². The van der Waals surface area contributed by atoms with Crippen molar-refractivity contribution in [2.45, 2.75) is 25.8 Å². The quantitative estimate of drug-likeness (QED) is 0.772. The molecule has 1 aromatic carbocycles. The van der Waals surface area contributed by atoms with E-state index in [2.05, 4.69) is 0 Å². The molecule has 1 atom stereocenters. The molecule has 0 aromatic heterocycles. The molecule has 1 aromatic rings. The van der Waals surface area contributed by atoms with Crippen LogP contribution in [0.4, 0.5) is 4.39 Å². The van der Waals surface area contributed by atoms with Crippen LogP contribution in [0.15, 0.2) is 18.2 Å². The number of aliphatic hydroxyl groups is 1. The lowest BCUT2D eigenvalue weighted by atomic mass is 9.89. The number of nitrogens with two attached hydrogens (primary N) is 1. The second-order valence-electron chi connectivity index (χ2n) is 3.73. The van der Waals surface area contributed by atoms with Gasteiger partial charge in [-0.2, -0.15) is 0 Å². The monoisotopic (exact) mass is 197 g/mol. The summed E-state index contributed by atoms with van der Waals surface area (Å²) in [4.78, 5) is 0. The molecule has 0 heterocycles. The van der Waals surface area contributed by atoms with E-state index in [-0.39, 0.29) is 12.4 Å². The van der Waals surface area contributed by atoms with Crippen molar-refractivity contribution in [2.24, 2.45) is 5.73 Å². The topological polar surface area (TPSA) is 46.2 Å². The normalized spacial score (nSPS) is 15.2. The van der Waals surface area contributed by atoms with E-state index in [1.807, 2.05) is 6.92 Å². The van der Waals surface area contributed by atoms with Crippen LogP contribution in [-0.4, -0.2) is 11.7 Å². The highest BCUT2D eigenvalue weighted by molar-refractivity contribution is 5.33. The van der Waals surface area contributed by atoms with Crippen LogP contribution in [0.1, 0.15) is 25.0 Å². The van der Waals surface area contributed by atoms with Crippen LogP contribution >= 0.6 is 0 Å². The van der Waals surface area contributed by atoms with Gasteiger partial charge in [-0.05, 0) is 36.6 Å². The summed E-state index contributed by atoms with van der Waals surface area (Å²) in [7, 11) is 0. The Hall–Kier alpha value is -0.930. The average Bonchev–Trinajstić information content (AvgIpc) is 2.17. The van der Waals surface area contributed by atoms with E-state index in [0.717, 1.165) is 11.1 Å². The predicted octanol–water partition coefficient (Wildman–Crippen LogP) is 1.55. The van der Waals surface area contributed by atoms with Crippen molar-refractivity contribution in [1.29, 1.82) is 0 Å². The lowest BCUT2D eigenvalue weighted by Gasteiger charge is -2.25. The minimum absolute atomic E-state index is 0.147. The molecule has 0 aliphatic carbocycles. The lowest BCUT2D eigenvalue weighted by molar-refractivity contribution is 0.209. The van der Waals surface area contributed by atoms with E-state index in [1.54, 1.807) is 13.0 Å². The molecular formula is C11H16FNO. The molecule has 1 rings (SSSR count). The zero-order valence-corrected chi connectivity index (χ0v) is 8.55. The van der Waals surface area contributed by atoms with Gasteiger partial charge in [-0.3, -0.25) is 0 Å². The molecular weight excluding hydrogens is 181 g/mol. The first-order valence-electron chi connectivity index (χ1n) is 4.70. The SMILES string of the molecule is CCc1cc(F)ccc1[C@](C)(N)CO. The summed E-state index contributed by atoms with van der Waals surface area (Å²) in [5.74, 6) is -0.265. The highest BCUT2D eigenvalue weighted by Gasteiger charge is 2.22. The maximum atomic E-state index is 12.9. The minimum atomic E-state index is -0.793. The van der Waals surface area contributed by atoms with Gasteiger partial charge in [0.05, 0.1) is 12.1 Å². The number of halogens is 1. The molecule has 3 heteroatoms. The van der Waals surface area contributed by atoms with Crippen LogP contribution in [0.25, 0.3) is 0 Å². The highest BCUT2D eigenvalue weighted by Crippen LogP contribution is 2.22. The zero-order valence-electron chi connectivity index (χ0n) is 8.55. The smallest absolute Gasteiger partial charge is 0.123 e. The van der Waals surface area contributed by atoms with E-state index in [0.29, 0.717) is 6.42 Å². The molecule has 14 heavy (non-hydrogen) atoms. The number of hydrogen-bond donors (Lipinski definition) is 2. The van der Waals surface area contributed by atoms with Crippen molar-refractivity contribution in [3.63, 3.8) is 0 Å². The standard InChI is InChI=1S/C11H16FNO/c1-3-8-6-9(12)4-5-10(8)11(2,13)7-14/h4-6,14H,3,7,13H2,1-2H3/t11-/m1/s1. The number of benzene rings is 1. The Labute approximate surface area is 83.6 Å². The molecule has 0 unspecified atom stereocenters. The molecule has 0 fully saturated rings. The van der Waals surface area contributed by atoms with Gasteiger partial charge in [-0.1, -0.05) is 13.0 Å². The number of hydrogen-bond acceptors (Lipinski definition) is 2. The van der Waals surface area contributed by atoms with Crippen molar-refractivity contribution >= 4 is 0 Å². The molecule has 0 spiro atoms. The summed E-state index contributed by atoms with van der Waals surface area (Å²) in [5, 5.41) is 9.12. The summed E-state index contributed by atoms with van der Waals surface area (Å²) >= 11 is 0. The van der Waals surface area contributed by atoms with E-state index in [1.165, 1.54) is 12.1 Å². The fourth-order valence-corrected chi connectivity index (χ4v) is 1.50. The summed E-state index contributed by atoms with van der Waals surface area (Å²) in [6.07, 6.45) is 0.708. The Morgan fingerprint density at radius 1 is 1.50 bits per heavy atom. The van der Waals surface area contributed by atoms with E-state index in [4.69, 9.17) is 10.8 Å². The summed E-state index contributed by atoms with van der Waals surface area (Å²) < 4.78 is 12.9. The molecule has 0 saturated heterocycles. The van der Waals surface area contributed by atoms with Gasteiger partial charge in [0.25, 0.3) is 0 Å². The van der Waals surface area contributed by atoms with Gasteiger partial charge in [0.15, 0.2) is 0 Å². The van der Waals surface area contributed by atoms with E-state index < -0.39 is 5.54 Å². The molecule has 0 aliphatic rings. The van der Waals surface area contributed by atoms with Crippen molar-refractivity contribution in [3.8, 4) is 0 Å². The maximum absolute atomic E-state index is 12.9.